The average Bonchev–Trinajstić information content (AvgIpc) is 2.41. The molecule has 0 aromatic heterocycles. The molecule has 1 aromatic rings. The molecule has 0 atom stereocenters. The van der Waals surface area contributed by atoms with E-state index in [0.717, 1.165) is 6.54 Å². The van der Waals surface area contributed by atoms with Gasteiger partial charge in [-0.1, -0.05) is 39.0 Å². The minimum atomic E-state index is 0.139. The minimum absolute atomic E-state index is 0.139. The molecule has 0 aliphatic rings. The van der Waals surface area contributed by atoms with E-state index in [1.54, 1.807) is 0 Å². The van der Waals surface area contributed by atoms with Crippen LogP contribution < -0.4 is 11.1 Å². The molecule has 0 saturated heterocycles. The monoisotopic (exact) mass is 280 g/mol. The molecule has 0 heterocycles. The molecule has 0 fully saturated rings. The zero-order valence-electron chi connectivity index (χ0n) is 12.9. The number of para-hydroxylation sites is 1. The smallest absolute Gasteiger partial charge is 0.0701 e. The van der Waals surface area contributed by atoms with E-state index in [4.69, 9.17) is 15.2 Å². The predicted octanol–water partition coefficient (Wildman–Crippen LogP) is 2.39. The SMILES string of the molecule is CC(C)(C)c1ccccc1NCCOCCOCCN. The van der Waals surface area contributed by atoms with Crippen LogP contribution in [0.25, 0.3) is 0 Å². The highest BCUT2D eigenvalue weighted by molar-refractivity contribution is 5.54. The van der Waals surface area contributed by atoms with Crippen molar-refractivity contribution in [3.8, 4) is 0 Å². The van der Waals surface area contributed by atoms with Crippen molar-refractivity contribution in [1.82, 2.24) is 0 Å². The Morgan fingerprint density at radius 2 is 1.65 bits per heavy atom. The first kappa shape index (κ1) is 17.0. The van der Waals surface area contributed by atoms with Crippen molar-refractivity contribution >= 4 is 5.69 Å². The van der Waals surface area contributed by atoms with E-state index in [9.17, 15) is 0 Å². The molecule has 4 heteroatoms. The van der Waals surface area contributed by atoms with Crippen LogP contribution in [0.1, 0.15) is 26.3 Å². The van der Waals surface area contributed by atoms with Crippen LogP contribution in [-0.2, 0) is 14.9 Å². The molecule has 0 bridgehead atoms. The van der Waals surface area contributed by atoms with Crippen LogP contribution in [0.2, 0.25) is 0 Å². The van der Waals surface area contributed by atoms with Gasteiger partial charge in [0.25, 0.3) is 0 Å². The Morgan fingerprint density at radius 1 is 1.00 bits per heavy atom. The summed E-state index contributed by atoms with van der Waals surface area (Å²) in [6.07, 6.45) is 0. The van der Waals surface area contributed by atoms with Crippen LogP contribution in [0.5, 0.6) is 0 Å². The summed E-state index contributed by atoms with van der Waals surface area (Å²) in [6, 6.07) is 8.42. The highest BCUT2D eigenvalue weighted by Gasteiger charge is 2.16. The van der Waals surface area contributed by atoms with Crippen LogP contribution in [0.3, 0.4) is 0 Å². The van der Waals surface area contributed by atoms with Crippen molar-refractivity contribution in [1.29, 1.82) is 0 Å². The lowest BCUT2D eigenvalue weighted by Gasteiger charge is -2.23. The Hall–Kier alpha value is -1.10. The van der Waals surface area contributed by atoms with E-state index in [1.807, 2.05) is 0 Å². The second-order valence-electron chi connectivity index (χ2n) is 5.74. The Balaban J connectivity index is 2.26. The summed E-state index contributed by atoms with van der Waals surface area (Å²) in [5, 5.41) is 3.44. The lowest BCUT2D eigenvalue weighted by molar-refractivity contribution is 0.0547. The van der Waals surface area contributed by atoms with Gasteiger partial charge in [-0.15, -0.1) is 0 Å². The van der Waals surface area contributed by atoms with Crippen molar-refractivity contribution in [3.05, 3.63) is 29.8 Å². The number of benzene rings is 1. The Kier molecular flexibility index (Phi) is 7.59. The first-order chi connectivity index (χ1) is 9.55. The molecule has 114 valence electrons. The molecule has 0 spiro atoms. The molecule has 0 unspecified atom stereocenters. The fourth-order valence-corrected chi connectivity index (χ4v) is 1.95. The van der Waals surface area contributed by atoms with Gasteiger partial charge in [-0.05, 0) is 17.0 Å². The number of ether oxygens (including phenoxy) is 2. The van der Waals surface area contributed by atoms with Crippen molar-refractivity contribution in [2.24, 2.45) is 5.73 Å². The number of anilines is 1. The molecule has 0 aliphatic carbocycles. The molecule has 20 heavy (non-hydrogen) atoms. The summed E-state index contributed by atoms with van der Waals surface area (Å²) in [6.45, 7) is 10.5. The zero-order valence-corrected chi connectivity index (χ0v) is 12.9. The Bertz CT molecular complexity index is 375. The summed E-state index contributed by atoms with van der Waals surface area (Å²) in [5.41, 5.74) is 7.98. The van der Waals surface area contributed by atoms with Gasteiger partial charge >= 0.3 is 0 Å². The van der Waals surface area contributed by atoms with Crippen molar-refractivity contribution in [3.63, 3.8) is 0 Å². The lowest BCUT2D eigenvalue weighted by atomic mass is 9.86. The predicted molar refractivity (Wildman–Crippen MR) is 84.3 cm³/mol. The van der Waals surface area contributed by atoms with Gasteiger partial charge in [-0.25, -0.2) is 0 Å². The third-order valence-electron chi connectivity index (χ3n) is 2.93. The van der Waals surface area contributed by atoms with E-state index in [0.29, 0.717) is 33.0 Å². The summed E-state index contributed by atoms with van der Waals surface area (Å²) in [4.78, 5) is 0. The quantitative estimate of drug-likeness (QED) is 0.682. The second kappa shape index (κ2) is 8.95. The molecule has 0 amide bonds. The van der Waals surface area contributed by atoms with E-state index >= 15 is 0 Å². The maximum atomic E-state index is 5.50. The average molecular weight is 280 g/mol. The number of rotatable bonds is 9. The third-order valence-corrected chi connectivity index (χ3v) is 2.93. The summed E-state index contributed by atoms with van der Waals surface area (Å²) in [5.74, 6) is 0. The van der Waals surface area contributed by atoms with E-state index in [2.05, 4.69) is 50.4 Å². The van der Waals surface area contributed by atoms with Crippen LogP contribution in [0.15, 0.2) is 24.3 Å². The lowest BCUT2D eigenvalue weighted by Crippen LogP contribution is -2.18. The van der Waals surface area contributed by atoms with Crippen molar-refractivity contribution < 1.29 is 9.47 Å². The van der Waals surface area contributed by atoms with E-state index in [1.165, 1.54) is 11.3 Å². The van der Waals surface area contributed by atoms with Crippen LogP contribution in [-0.4, -0.2) is 39.5 Å². The normalized spacial score (nSPS) is 11.6. The second-order valence-corrected chi connectivity index (χ2v) is 5.74. The van der Waals surface area contributed by atoms with Crippen LogP contribution >= 0.6 is 0 Å². The molecule has 1 rings (SSSR count). The van der Waals surface area contributed by atoms with Gasteiger partial charge in [0.05, 0.1) is 26.4 Å². The first-order valence-corrected chi connectivity index (χ1v) is 7.24. The maximum Gasteiger partial charge on any atom is 0.0701 e. The Morgan fingerprint density at radius 3 is 2.30 bits per heavy atom. The van der Waals surface area contributed by atoms with Crippen molar-refractivity contribution in [2.75, 3.05) is 44.8 Å². The highest BCUT2D eigenvalue weighted by Crippen LogP contribution is 2.28. The molecule has 0 saturated carbocycles. The van der Waals surface area contributed by atoms with Gasteiger partial charge < -0.3 is 20.5 Å². The molecule has 0 radical (unpaired) electrons. The summed E-state index contributed by atoms with van der Waals surface area (Å²) >= 11 is 0. The van der Waals surface area contributed by atoms with Gasteiger partial charge in [0.2, 0.25) is 0 Å². The zero-order chi connectivity index (χ0) is 14.8. The summed E-state index contributed by atoms with van der Waals surface area (Å²) in [7, 11) is 0. The van der Waals surface area contributed by atoms with Gasteiger partial charge in [-0.2, -0.15) is 0 Å². The molecular weight excluding hydrogens is 252 g/mol. The van der Waals surface area contributed by atoms with Gasteiger partial charge in [0.1, 0.15) is 0 Å². The Labute approximate surface area is 122 Å². The molecule has 0 aliphatic heterocycles. The fraction of sp³-hybridized carbons (Fsp3) is 0.625. The van der Waals surface area contributed by atoms with Gasteiger partial charge in [-0.3, -0.25) is 0 Å². The number of hydrogen-bond donors (Lipinski definition) is 2. The number of nitrogens with one attached hydrogen (secondary N) is 1. The van der Waals surface area contributed by atoms with E-state index in [-0.39, 0.29) is 5.41 Å². The summed E-state index contributed by atoms with van der Waals surface area (Å²) < 4.78 is 10.7. The molecule has 1 aromatic carbocycles. The number of hydrogen-bond acceptors (Lipinski definition) is 4. The molecular formula is C16H28N2O2. The maximum absolute atomic E-state index is 5.50. The standard InChI is InChI=1S/C16H28N2O2/c1-16(2,3)14-6-4-5-7-15(14)18-9-11-20-13-12-19-10-8-17/h4-7,18H,8-13,17H2,1-3H3. The van der Waals surface area contributed by atoms with Crippen molar-refractivity contribution in [2.45, 2.75) is 26.2 Å². The minimum Gasteiger partial charge on any atom is -0.382 e. The van der Waals surface area contributed by atoms with Crippen LogP contribution in [0.4, 0.5) is 5.69 Å². The molecule has 3 N–H and O–H groups in total. The first-order valence-electron chi connectivity index (χ1n) is 7.24. The molecule has 4 nitrogen and oxygen atoms in total. The highest BCUT2D eigenvalue weighted by atomic mass is 16.5. The third kappa shape index (κ3) is 6.37. The van der Waals surface area contributed by atoms with Gasteiger partial charge in [0.15, 0.2) is 0 Å². The largest absolute Gasteiger partial charge is 0.382 e. The van der Waals surface area contributed by atoms with E-state index < -0.39 is 0 Å². The fourth-order valence-electron chi connectivity index (χ4n) is 1.95. The topological polar surface area (TPSA) is 56.5 Å². The van der Waals surface area contributed by atoms with Gasteiger partial charge in [0, 0.05) is 18.8 Å². The van der Waals surface area contributed by atoms with Crippen LogP contribution in [0, 0.1) is 0 Å². The number of nitrogens with two attached hydrogens (primary N) is 1.